The molecule has 1 aromatic carbocycles. The first kappa shape index (κ1) is 15.0. The van der Waals surface area contributed by atoms with Crippen molar-refractivity contribution in [3.8, 4) is 5.75 Å². The summed E-state index contributed by atoms with van der Waals surface area (Å²) < 4.78 is 9.88. The predicted molar refractivity (Wildman–Crippen MR) is 70.9 cm³/mol. The second-order valence-corrected chi connectivity index (χ2v) is 4.35. The van der Waals surface area contributed by atoms with Crippen LogP contribution >= 0.6 is 0 Å². The second kappa shape index (κ2) is 7.41. The number of hydrogen-bond acceptors (Lipinski definition) is 4. The van der Waals surface area contributed by atoms with Crippen molar-refractivity contribution in [3.05, 3.63) is 29.8 Å². The van der Waals surface area contributed by atoms with Crippen LogP contribution in [0, 0.1) is 6.92 Å². The van der Waals surface area contributed by atoms with Crippen LogP contribution < -0.4 is 10.1 Å². The van der Waals surface area contributed by atoms with Crippen molar-refractivity contribution in [2.45, 2.75) is 26.3 Å². The minimum Gasteiger partial charge on any atom is -0.484 e. The highest BCUT2D eigenvalue weighted by Crippen LogP contribution is 2.11. The molecule has 0 bridgehead atoms. The summed E-state index contributed by atoms with van der Waals surface area (Å²) in [6.07, 6.45) is 0.146. The van der Waals surface area contributed by atoms with Crippen molar-refractivity contribution in [3.63, 3.8) is 0 Å². The van der Waals surface area contributed by atoms with Crippen molar-refractivity contribution in [1.82, 2.24) is 5.32 Å². The lowest BCUT2D eigenvalue weighted by molar-refractivity contribution is -0.141. The van der Waals surface area contributed by atoms with Gasteiger partial charge in [-0.3, -0.25) is 9.59 Å². The highest BCUT2D eigenvalue weighted by atomic mass is 16.5. The van der Waals surface area contributed by atoms with Gasteiger partial charge in [0, 0.05) is 6.04 Å². The molecule has 0 aliphatic carbocycles. The van der Waals surface area contributed by atoms with E-state index in [9.17, 15) is 9.59 Å². The normalized spacial score (nSPS) is 11.5. The smallest absolute Gasteiger partial charge is 0.307 e. The molecule has 1 atom stereocenters. The molecule has 0 aromatic heterocycles. The minimum absolute atomic E-state index is 0.0744. The Hall–Kier alpha value is -2.04. The van der Waals surface area contributed by atoms with Crippen molar-refractivity contribution in [2.24, 2.45) is 0 Å². The number of aryl methyl sites for hydroxylation is 1. The van der Waals surface area contributed by atoms with E-state index in [1.807, 2.05) is 25.1 Å². The predicted octanol–water partition coefficient (Wildman–Crippen LogP) is 1.44. The number of rotatable bonds is 6. The molecule has 0 saturated carbocycles. The summed E-state index contributed by atoms with van der Waals surface area (Å²) in [6, 6.07) is 7.18. The van der Waals surface area contributed by atoms with Gasteiger partial charge in [0.25, 0.3) is 5.91 Å². The molecule has 1 rings (SSSR count). The quantitative estimate of drug-likeness (QED) is 0.790. The summed E-state index contributed by atoms with van der Waals surface area (Å²) in [6.45, 7) is 3.61. The number of esters is 1. The molecule has 1 unspecified atom stereocenters. The van der Waals surface area contributed by atoms with Gasteiger partial charge in [0.2, 0.25) is 0 Å². The zero-order valence-electron chi connectivity index (χ0n) is 11.4. The largest absolute Gasteiger partial charge is 0.484 e. The van der Waals surface area contributed by atoms with E-state index in [1.165, 1.54) is 7.11 Å². The van der Waals surface area contributed by atoms with Crippen molar-refractivity contribution in [1.29, 1.82) is 0 Å². The van der Waals surface area contributed by atoms with Crippen molar-refractivity contribution in [2.75, 3.05) is 13.7 Å². The number of nitrogens with one attached hydrogen (secondary N) is 1. The Morgan fingerprint density at radius 3 is 2.74 bits per heavy atom. The second-order valence-electron chi connectivity index (χ2n) is 4.35. The van der Waals surface area contributed by atoms with Crippen LogP contribution in [-0.2, 0) is 14.3 Å². The number of methoxy groups -OCH3 is 1. The fourth-order valence-electron chi connectivity index (χ4n) is 1.55. The molecule has 1 amide bonds. The van der Waals surface area contributed by atoms with Gasteiger partial charge in [-0.25, -0.2) is 0 Å². The molecule has 104 valence electrons. The molecule has 0 aliphatic heterocycles. The van der Waals surface area contributed by atoms with E-state index in [1.54, 1.807) is 13.0 Å². The molecule has 1 N–H and O–H groups in total. The third kappa shape index (κ3) is 5.90. The van der Waals surface area contributed by atoms with E-state index in [4.69, 9.17) is 4.74 Å². The fourth-order valence-corrected chi connectivity index (χ4v) is 1.55. The lowest BCUT2D eigenvalue weighted by Gasteiger charge is -2.13. The van der Waals surface area contributed by atoms with Gasteiger partial charge in [0.05, 0.1) is 13.5 Å². The zero-order valence-corrected chi connectivity index (χ0v) is 11.4. The number of carbonyl (C=O) groups excluding carboxylic acids is 2. The van der Waals surface area contributed by atoms with E-state index in [2.05, 4.69) is 10.1 Å². The summed E-state index contributed by atoms with van der Waals surface area (Å²) in [5.41, 5.74) is 1.07. The first-order valence-corrected chi connectivity index (χ1v) is 6.07. The lowest BCUT2D eigenvalue weighted by Crippen LogP contribution is -2.37. The number of ether oxygens (including phenoxy) is 2. The maximum absolute atomic E-state index is 11.6. The Morgan fingerprint density at radius 2 is 2.11 bits per heavy atom. The van der Waals surface area contributed by atoms with E-state index in [0.717, 1.165) is 5.56 Å². The molecule has 0 saturated heterocycles. The number of carbonyl (C=O) groups is 2. The molecule has 5 nitrogen and oxygen atoms in total. The molecule has 0 radical (unpaired) electrons. The fraction of sp³-hybridized carbons (Fsp3) is 0.429. The van der Waals surface area contributed by atoms with Crippen LogP contribution in [0.3, 0.4) is 0 Å². The van der Waals surface area contributed by atoms with Gasteiger partial charge in [0.1, 0.15) is 5.75 Å². The first-order chi connectivity index (χ1) is 9.01. The summed E-state index contributed by atoms with van der Waals surface area (Å²) >= 11 is 0. The van der Waals surface area contributed by atoms with Crippen LogP contribution in [0.2, 0.25) is 0 Å². The molecule has 5 heteroatoms. The average Bonchev–Trinajstić information content (AvgIpc) is 2.36. The van der Waals surface area contributed by atoms with Crippen LogP contribution in [0.1, 0.15) is 18.9 Å². The summed E-state index contributed by atoms with van der Waals surface area (Å²) in [7, 11) is 1.32. The SMILES string of the molecule is COC(=O)CC(C)NC(=O)COc1cccc(C)c1. The molecular formula is C14H19NO4. The van der Waals surface area contributed by atoms with E-state index in [-0.39, 0.29) is 30.9 Å². The maximum atomic E-state index is 11.6. The van der Waals surface area contributed by atoms with Gasteiger partial charge >= 0.3 is 5.97 Å². The van der Waals surface area contributed by atoms with Crippen molar-refractivity contribution < 1.29 is 19.1 Å². The molecular weight excluding hydrogens is 246 g/mol. The van der Waals surface area contributed by atoms with Crippen LogP contribution in [-0.4, -0.2) is 31.6 Å². The number of amides is 1. The van der Waals surface area contributed by atoms with E-state index < -0.39 is 0 Å². The zero-order chi connectivity index (χ0) is 14.3. The Bertz CT molecular complexity index is 445. The number of benzene rings is 1. The summed E-state index contributed by atoms with van der Waals surface area (Å²) in [5.74, 6) is 0.0288. The number of hydrogen-bond donors (Lipinski definition) is 1. The third-order valence-electron chi connectivity index (χ3n) is 2.47. The van der Waals surface area contributed by atoms with E-state index in [0.29, 0.717) is 5.75 Å². The van der Waals surface area contributed by atoms with Gasteiger partial charge in [0.15, 0.2) is 6.61 Å². The Kier molecular flexibility index (Phi) is 5.85. The Balaban J connectivity index is 2.33. The molecule has 0 heterocycles. The van der Waals surface area contributed by atoms with Gasteiger partial charge in [-0.05, 0) is 31.5 Å². The van der Waals surface area contributed by atoms with Crippen LogP contribution in [0.25, 0.3) is 0 Å². The van der Waals surface area contributed by atoms with Gasteiger partial charge in [-0.2, -0.15) is 0 Å². The third-order valence-corrected chi connectivity index (χ3v) is 2.47. The monoisotopic (exact) mass is 265 g/mol. The van der Waals surface area contributed by atoms with Gasteiger partial charge in [-0.15, -0.1) is 0 Å². The van der Waals surface area contributed by atoms with E-state index >= 15 is 0 Å². The average molecular weight is 265 g/mol. The standard InChI is InChI=1S/C14H19NO4/c1-10-5-4-6-12(7-10)19-9-13(16)15-11(2)8-14(17)18-3/h4-7,11H,8-9H2,1-3H3,(H,15,16). The highest BCUT2D eigenvalue weighted by Gasteiger charge is 2.12. The summed E-state index contributed by atoms with van der Waals surface area (Å²) in [4.78, 5) is 22.6. The van der Waals surface area contributed by atoms with Crippen LogP contribution in [0.15, 0.2) is 24.3 Å². The molecule has 0 aliphatic rings. The maximum Gasteiger partial charge on any atom is 0.307 e. The molecule has 1 aromatic rings. The molecule has 0 spiro atoms. The Morgan fingerprint density at radius 1 is 1.37 bits per heavy atom. The molecule has 0 fully saturated rings. The van der Waals surface area contributed by atoms with Crippen molar-refractivity contribution >= 4 is 11.9 Å². The lowest BCUT2D eigenvalue weighted by atomic mass is 10.2. The Labute approximate surface area is 112 Å². The highest BCUT2D eigenvalue weighted by molar-refractivity contribution is 5.79. The van der Waals surface area contributed by atoms with Crippen LogP contribution in [0.5, 0.6) is 5.75 Å². The summed E-state index contributed by atoms with van der Waals surface area (Å²) in [5, 5.41) is 2.67. The van der Waals surface area contributed by atoms with Gasteiger partial charge in [-0.1, -0.05) is 12.1 Å². The molecule has 19 heavy (non-hydrogen) atoms. The minimum atomic E-state index is -0.354. The topological polar surface area (TPSA) is 64.6 Å². The van der Waals surface area contributed by atoms with Crippen LogP contribution in [0.4, 0.5) is 0 Å². The first-order valence-electron chi connectivity index (χ1n) is 6.07. The van der Waals surface area contributed by atoms with Gasteiger partial charge < -0.3 is 14.8 Å².